The van der Waals surface area contributed by atoms with E-state index >= 15 is 0 Å². The molecule has 2 aromatic heterocycles. The Bertz CT molecular complexity index is 865. The summed E-state index contributed by atoms with van der Waals surface area (Å²) in [7, 11) is -1.78. The van der Waals surface area contributed by atoms with E-state index in [4.69, 9.17) is 0 Å². The predicted octanol–water partition coefficient (Wildman–Crippen LogP) is 2.51. The molecule has 1 fully saturated rings. The standard InChI is InChI=1S/C18H23N3O3S2/c1-14-8-9-17(25-14)26(23,24)21-11-5-6-15(12-21)18(22)20(2)13-16-7-3-4-10-19-16/h3-4,7-10,15H,5-6,11-13H2,1-2H3. The molecule has 1 saturated heterocycles. The first-order valence-electron chi connectivity index (χ1n) is 8.59. The number of amides is 1. The Morgan fingerprint density at radius 2 is 2.15 bits per heavy atom. The van der Waals surface area contributed by atoms with Crippen LogP contribution in [0.1, 0.15) is 23.4 Å². The number of piperidine rings is 1. The molecule has 1 unspecified atom stereocenters. The van der Waals surface area contributed by atoms with Crippen molar-refractivity contribution in [2.75, 3.05) is 20.1 Å². The van der Waals surface area contributed by atoms with E-state index in [1.807, 2.05) is 31.2 Å². The van der Waals surface area contributed by atoms with Crippen LogP contribution >= 0.6 is 11.3 Å². The number of carbonyl (C=O) groups excluding carboxylic acids is 1. The summed E-state index contributed by atoms with van der Waals surface area (Å²) in [5.74, 6) is -0.341. The van der Waals surface area contributed by atoms with Gasteiger partial charge in [-0.25, -0.2) is 8.42 Å². The van der Waals surface area contributed by atoms with Gasteiger partial charge in [0, 0.05) is 31.2 Å². The molecule has 0 aromatic carbocycles. The second kappa shape index (κ2) is 7.85. The molecule has 1 atom stereocenters. The summed E-state index contributed by atoms with van der Waals surface area (Å²) in [6.07, 6.45) is 3.10. The number of nitrogens with zero attached hydrogens (tertiary/aromatic N) is 3. The van der Waals surface area contributed by atoms with Gasteiger partial charge in [0.1, 0.15) is 4.21 Å². The summed E-state index contributed by atoms with van der Waals surface area (Å²) < 4.78 is 27.5. The Hall–Kier alpha value is -1.77. The molecular weight excluding hydrogens is 370 g/mol. The predicted molar refractivity (Wildman–Crippen MR) is 101 cm³/mol. The highest BCUT2D eigenvalue weighted by Crippen LogP contribution is 2.28. The minimum absolute atomic E-state index is 0.0297. The molecule has 1 amide bonds. The van der Waals surface area contributed by atoms with Gasteiger partial charge < -0.3 is 4.90 Å². The van der Waals surface area contributed by atoms with Gasteiger partial charge in [-0.15, -0.1) is 11.3 Å². The van der Waals surface area contributed by atoms with Crippen LogP contribution in [0.2, 0.25) is 0 Å². The summed E-state index contributed by atoms with van der Waals surface area (Å²) >= 11 is 1.27. The molecule has 0 saturated carbocycles. The molecule has 0 aliphatic carbocycles. The van der Waals surface area contributed by atoms with Crippen molar-refractivity contribution in [1.29, 1.82) is 0 Å². The molecule has 1 aliphatic rings. The molecule has 0 N–H and O–H groups in total. The molecule has 1 aliphatic heterocycles. The van der Waals surface area contributed by atoms with E-state index in [1.165, 1.54) is 15.6 Å². The molecule has 0 spiro atoms. The Morgan fingerprint density at radius 3 is 2.81 bits per heavy atom. The third kappa shape index (κ3) is 4.13. The lowest BCUT2D eigenvalue weighted by atomic mass is 9.98. The van der Waals surface area contributed by atoms with Crippen LogP contribution in [0.25, 0.3) is 0 Å². The number of rotatable bonds is 5. The van der Waals surface area contributed by atoms with Crippen LogP contribution in [0.15, 0.2) is 40.7 Å². The number of thiophene rings is 1. The lowest BCUT2D eigenvalue weighted by Crippen LogP contribution is -2.45. The minimum Gasteiger partial charge on any atom is -0.340 e. The normalized spacial score (nSPS) is 18.6. The maximum absolute atomic E-state index is 12.8. The van der Waals surface area contributed by atoms with Gasteiger partial charge in [-0.05, 0) is 44.0 Å². The third-order valence-corrected chi connectivity index (χ3v) is 7.88. The summed E-state index contributed by atoms with van der Waals surface area (Å²) in [5, 5.41) is 0. The highest BCUT2D eigenvalue weighted by atomic mass is 32.2. The third-order valence-electron chi connectivity index (χ3n) is 4.54. The first-order valence-corrected chi connectivity index (χ1v) is 10.8. The fourth-order valence-corrected chi connectivity index (χ4v) is 6.13. The van der Waals surface area contributed by atoms with Gasteiger partial charge in [-0.2, -0.15) is 4.31 Å². The number of hydrogen-bond acceptors (Lipinski definition) is 5. The Kier molecular flexibility index (Phi) is 5.74. The summed E-state index contributed by atoms with van der Waals surface area (Å²) in [6.45, 7) is 3.02. The van der Waals surface area contributed by atoms with Crippen LogP contribution in [0.4, 0.5) is 0 Å². The highest BCUT2D eigenvalue weighted by Gasteiger charge is 2.35. The first-order chi connectivity index (χ1) is 12.4. The average Bonchev–Trinajstić information content (AvgIpc) is 3.09. The fourth-order valence-electron chi connectivity index (χ4n) is 3.16. The van der Waals surface area contributed by atoms with E-state index in [1.54, 1.807) is 24.2 Å². The zero-order valence-electron chi connectivity index (χ0n) is 15.0. The van der Waals surface area contributed by atoms with E-state index in [0.29, 0.717) is 30.1 Å². The van der Waals surface area contributed by atoms with Crippen molar-refractivity contribution in [1.82, 2.24) is 14.2 Å². The van der Waals surface area contributed by atoms with Crippen molar-refractivity contribution in [3.8, 4) is 0 Å². The quantitative estimate of drug-likeness (QED) is 0.783. The summed E-state index contributed by atoms with van der Waals surface area (Å²) in [5.41, 5.74) is 0.817. The summed E-state index contributed by atoms with van der Waals surface area (Å²) in [4.78, 5) is 19.6. The van der Waals surface area contributed by atoms with Gasteiger partial charge in [0.15, 0.2) is 0 Å². The fraction of sp³-hybridized carbons (Fsp3) is 0.444. The number of pyridine rings is 1. The van der Waals surface area contributed by atoms with Crippen molar-refractivity contribution in [3.63, 3.8) is 0 Å². The molecule has 0 bridgehead atoms. The van der Waals surface area contributed by atoms with Gasteiger partial charge in [0.2, 0.25) is 5.91 Å². The van der Waals surface area contributed by atoms with Crippen molar-refractivity contribution >= 4 is 27.3 Å². The lowest BCUT2D eigenvalue weighted by Gasteiger charge is -2.32. The van der Waals surface area contributed by atoms with Crippen LogP contribution in [0, 0.1) is 12.8 Å². The van der Waals surface area contributed by atoms with E-state index in [9.17, 15) is 13.2 Å². The maximum Gasteiger partial charge on any atom is 0.252 e. The van der Waals surface area contributed by atoms with E-state index < -0.39 is 10.0 Å². The molecule has 0 radical (unpaired) electrons. The van der Waals surface area contributed by atoms with Gasteiger partial charge in [0.05, 0.1) is 18.2 Å². The lowest BCUT2D eigenvalue weighted by molar-refractivity contribution is -0.135. The molecule has 8 heteroatoms. The zero-order valence-corrected chi connectivity index (χ0v) is 16.6. The van der Waals surface area contributed by atoms with E-state index in [2.05, 4.69) is 4.98 Å². The van der Waals surface area contributed by atoms with Gasteiger partial charge in [-0.1, -0.05) is 6.07 Å². The Morgan fingerprint density at radius 1 is 1.35 bits per heavy atom. The van der Waals surface area contributed by atoms with Crippen LogP contribution in [-0.2, 0) is 21.4 Å². The molecule has 6 nitrogen and oxygen atoms in total. The number of carbonyl (C=O) groups is 1. The molecular formula is C18H23N3O3S2. The zero-order chi connectivity index (χ0) is 18.7. The molecule has 140 valence electrons. The average molecular weight is 394 g/mol. The molecule has 26 heavy (non-hydrogen) atoms. The maximum atomic E-state index is 12.8. The van der Waals surface area contributed by atoms with Gasteiger partial charge in [0.25, 0.3) is 10.0 Å². The highest BCUT2D eigenvalue weighted by molar-refractivity contribution is 7.91. The van der Waals surface area contributed by atoms with Crippen LogP contribution in [-0.4, -0.2) is 48.7 Å². The number of hydrogen-bond donors (Lipinski definition) is 0. The number of aromatic nitrogens is 1. The van der Waals surface area contributed by atoms with Crippen LogP contribution in [0.5, 0.6) is 0 Å². The van der Waals surface area contributed by atoms with E-state index in [-0.39, 0.29) is 18.4 Å². The van der Waals surface area contributed by atoms with Gasteiger partial charge in [-0.3, -0.25) is 9.78 Å². The molecule has 2 aromatic rings. The second-order valence-corrected chi connectivity index (χ2v) is 10.0. The van der Waals surface area contributed by atoms with Crippen molar-refractivity contribution in [3.05, 3.63) is 47.1 Å². The minimum atomic E-state index is -3.52. The van der Waals surface area contributed by atoms with E-state index in [0.717, 1.165) is 10.6 Å². The number of sulfonamides is 1. The van der Waals surface area contributed by atoms with Crippen molar-refractivity contribution in [2.24, 2.45) is 5.92 Å². The molecule has 3 heterocycles. The monoisotopic (exact) mass is 393 g/mol. The van der Waals surface area contributed by atoms with Crippen molar-refractivity contribution in [2.45, 2.75) is 30.5 Å². The van der Waals surface area contributed by atoms with Crippen LogP contribution in [0.3, 0.4) is 0 Å². The SMILES string of the molecule is Cc1ccc(S(=O)(=O)N2CCCC(C(=O)N(C)Cc3ccccn3)C2)s1. The first kappa shape index (κ1) is 19.0. The Balaban J connectivity index is 1.68. The topological polar surface area (TPSA) is 70.6 Å². The smallest absolute Gasteiger partial charge is 0.252 e. The van der Waals surface area contributed by atoms with Crippen LogP contribution < -0.4 is 0 Å². The molecule has 3 rings (SSSR count). The van der Waals surface area contributed by atoms with Gasteiger partial charge >= 0.3 is 0 Å². The Labute approximate surface area is 158 Å². The second-order valence-electron chi connectivity index (χ2n) is 6.58. The van der Waals surface area contributed by atoms with Crippen molar-refractivity contribution < 1.29 is 13.2 Å². The summed E-state index contributed by atoms with van der Waals surface area (Å²) in [6, 6.07) is 9.05. The largest absolute Gasteiger partial charge is 0.340 e. The number of aryl methyl sites for hydroxylation is 1.